The molecule has 1 atom stereocenters. The van der Waals surface area contributed by atoms with Crippen LogP contribution in [0, 0.1) is 12.7 Å². The summed E-state index contributed by atoms with van der Waals surface area (Å²) in [5, 5.41) is 0.761. The fourth-order valence-electron chi connectivity index (χ4n) is 5.25. The normalized spacial score (nSPS) is 15.1. The number of rotatable bonds is 7. The van der Waals surface area contributed by atoms with Gasteiger partial charge in [0.15, 0.2) is 0 Å². The number of hydrogen-bond acceptors (Lipinski definition) is 8. The number of aryl methyl sites for hydroxylation is 1. The predicted octanol–water partition coefficient (Wildman–Crippen LogP) is 5.47. The van der Waals surface area contributed by atoms with E-state index >= 15 is 0 Å². The van der Waals surface area contributed by atoms with Crippen LogP contribution in [0.4, 0.5) is 10.2 Å². The standard InChI is InChI=1S/C31H30FN7O3/c1-19-34-13-21(14-35-19)17-41-26-10-23(32)11-27(12-26)42-25-7-5-22(6-8-25)28-16-39(31-29(28)30(33)36-18-37-31)24-4-3-9-38(15-24)20(2)40/h5-8,10-14,16,18,24H,3-4,9,15,17H2,1-2H3,(H2,33,36,37). The molecule has 0 spiro atoms. The van der Waals surface area contributed by atoms with Crippen molar-refractivity contribution in [3.8, 4) is 28.4 Å². The highest BCUT2D eigenvalue weighted by Crippen LogP contribution is 2.37. The number of carbonyl (C=O) groups is 1. The molecule has 42 heavy (non-hydrogen) atoms. The largest absolute Gasteiger partial charge is 0.489 e. The van der Waals surface area contributed by atoms with Crippen molar-refractivity contribution >= 4 is 22.8 Å². The lowest BCUT2D eigenvalue weighted by molar-refractivity contribution is -0.130. The van der Waals surface area contributed by atoms with Crippen molar-refractivity contribution < 1.29 is 18.7 Å². The van der Waals surface area contributed by atoms with Gasteiger partial charge in [-0.05, 0) is 37.5 Å². The van der Waals surface area contributed by atoms with Crippen LogP contribution in [-0.4, -0.2) is 48.4 Å². The van der Waals surface area contributed by atoms with E-state index in [9.17, 15) is 9.18 Å². The third-order valence-corrected chi connectivity index (χ3v) is 7.36. The number of nitrogens with zero attached hydrogens (tertiary/aromatic N) is 6. The lowest BCUT2D eigenvalue weighted by Gasteiger charge is -2.33. The minimum absolute atomic E-state index is 0.0685. The van der Waals surface area contributed by atoms with E-state index < -0.39 is 5.82 Å². The molecule has 0 aliphatic carbocycles. The van der Waals surface area contributed by atoms with Crippen molar-refractivity contribution in [1.82, 2.24) is 29.4 Å². The number of ether oxygens (including phenoxy) is 2. The Balaban J connectivity index is 1.23. The first-order chi connectivity index (χ1) is 20.3. The molecule has 11 heteroatoms. The lowest BCUT2D eigenvalue weighted by Crippen LogP contribution is -2.39. The fourth-order valence-corrected chi connectivity index (χ4v) is 5.25. The number of hydrogen-bond donors (Lipinski definition) is 1. The number of aromatic nitrogens is 5. The van der Waals surface area contributed by atoms with Crippen molar-refractivity contribution in [2.75, 3.05) is 18.8 Å². The molecule has 1 aliphatic rings. The van der Waals surface area contributed by atoms with Crippen molar-refractivity contribution in [3.05, 3.63) is 84.6 Å². The lowest BCUT2D eigenvalue weighted by atomic mass is 10.1. The molecule has 1 saturated heterocycles. The number of piperidine rings is 1. The third kappa shape index (κ3) is 5.71. The van der Waals surface area contributed by atoms with Gasteiger partial charge in [-0.1, -0.05) is 12.1 Å². The number of carbonyl (C=O) groups excluding carboxylic acids is 1. The number of halogens is 1. The van der Waals surface area contributed by atoms with Crippen molar-refractivity contribution in [2.45, 2.75) is 39.3 Å². The van der Waals surface area contributed by atoms with Crippen LogP contribution in [0.15, 0.2) is 67.4 Å². The predicted molar refractivity (Wildman–Crippen MR) is 155 cm³/mol. The van der Waals surface area contributed by atoms with Crippen molar-refractivity contribution in [2.24, 2.45) is 0 Å². The maximum Gasteiger partial charge on any atom is 0.219 e. The average Bonchev–Trinajstić information content (AvgIpc) is 3.38. The first-order valence-electron chi connectivity index (χ1n) is 13.7. The van der Waals surface area contributed by atoms with Crippen LogP contribution in [0.5, 0.6) is 17.2 Å². The summed E-state index contributed by atoms with van der Waals surface area (Å²) in [7, 11) is 0. The van der Waals surface area contributed by atoms with Crippen molar-refractivity contribution in [3.63, 3.8) is 0 Å². The minimum Gasteiger partial charge on any atom is -0.489 e. The van der Waals surface area contributed by atoms with Crippen LogP contribution < -0.4 is 15.2 Å². The highest BCUT2D eigenvalue weighted by atomic mass is 19.1. The second kappa shape index (κ2) is 11.4. The zero-order chi connectivity index (χ0) is 29.2. The second-order valence-electron chi connectivity index (χ2n) is 10.3. The van der Waals surface area contributed by atoms with Gasteiger partial charge >= 0.3 is 0 Å². The van der Waals surface area contributed by atoms with Gasteiger partial charge in [0, 0.05) is 67.9 Å². The molecule has 0 radical (unpaired) electrons. The zero-order valence-corrected chi connectivity index (χ0v) is 23.3. The first kappa shape index (κ1) is 27.1. The van der Waals surface area contributed by atoms with E-state index in [4.69, 9.17) is 15.2 Å². The van der Waals surface area contributed by atoms with Crippen LogP contribution >= 0.6 is 0 Å². The molecule has 1 fully saturated rings. The molecule has 5 aromatic rings. The Morgan fingerprint density at radius 2 is 1.81 bits per heavy atom. The maximum absolute atomic E-state index is 14.4. The van der Waals surface area contributed by atoms with Crippen LogP contribution in [0.3, 0.4) is 0 Å². The topological polar surface area (TPSA) is 121 Å². The molecule has 1 unspecified atom stereocenters. The molecule has 4 heterocycles. The van der Waals surface area contributed by atoms with E-state index in [1.165, 1.54) is 18.5 Å². The molecule has 3 aromatic heterocycles. The quantitative estimate of drug-likeness (QED) is 0.275. The third-order valence-electron chi connectivity index (χ3n) is 7.36. The van der Waals surface area contributed by atoms with E-state index in [-0.39, 0.29) is 18.6 Å². The van der Waals surface area contributed by atoms with Crippen LogP contribution in [0.25, 0.3) is 22.2 Å². The van der Waals surface area contributed by atoms with Crippen LogP contribution in [0.2, 0.25) is 0 Å². The molecular weight excluding hydrogens is 537 g/mol. The Kier molecular flexibility index (Phi) is 7.39. The van der Waals surface area contributed by atoms with E-state index in [2.05, 4.69) is 24.5 Å². The molecule has 0 saturated carbocycles. The number of anilines is 1. The number of nitrogen functional groups attached to an aromatic ring is 1. The second-order valence-corrected chi connectivity index (χ2v) is 10.3. The van der Waals surface area contributed by atoms with Gasteiger partial charge in [0.05, 0.1) is 11.4 Å². The SMILES string of the molecule is CC(=O)N1CCCC(n2cc(-c3ccc(Oc4cc(F)cc(OCc5cnc(C)nc5)c4)cc3)c3c(N)ncnc32)C1. The molecule has 1 amide bonds. The Morgan fingerprint density at radius 1 is 1.05 bits per heavy atom. The summed E-state index contributed by atoms with van der Waals surface area (Å²) in [4.78, 5) is 31.0. The van der Waals surface area contributed by atoms with Gasteiger partial charge in [-0.3, -0.25) is 4.79 Å². The summed E-state index contributed by atoms with van der Waals surface area (Å²) >= 11 is 0. The molecular formula is C31H30FN7O3. The van der Waals surface area contributed by atoms with Gasteiger partial charge in [-0.25, -0.2) is 24.3 Å². The Bertz CT molecular complexity index is 1740. The van der Waals surface area contributed by atoms with Crippen LogP contribution in [0.1, 0.15) is 37.2 Å². The number of benzene rings is 2. The number of fused-ring (bicyclic) bond motifs is 1. The molecule has 2 aromatic carbocycles. The number of nitrogens with two attached hydrogens (primary N) is 1. The van der Waals surface area contributed by atoms with Gasteiger partial charge in [0.25, 0.3) is 0 Å². The monoisotopic (exact) mass is 567 g/mol. The molecule has 214 valence electrons. The summed E-state index contributed by atoms with van der Waals surface area (Å²) < 4.78 is 28.2. The van der Waals surface area contributed by atoms with Gasteiger partial charge < -0.3 is 24.7 Å². The Hall–Kier alpha value is -5.06. The zero-order valence-electron chi connectivity index (χ0n) is 23.3. The maximum atomic E-state index is 14.4. The number of likely N-dealkylation sites (tertiary alicyclic amines) is 1. The summed E-state index contributed by atoms with van der Waals surface area (Å²) in [6.07, 6.45) is 8.70. The first-order valence-corrected chi connectivity index (χ1v) is 13.7. The van der Waals surface area contributed by atoms with Gasteiger partial charge in [0.1, 0.15) is 53.3 Å². The summed E-state index contributed by atoms with van der Waals surface area (Å²) in [6, 6.07) is 11.8. The molecule has 10 nitrogen and oxygen atoms in total. The molecule has 2 N–H and O–H groups in total. The molecule has 6 rings (SSSR count). The minimum atomic E-state index is -0.478. The van der Waals surface area contributed by atoms with Gasteiger partial charge in [-0.2, -0.15) is 0 Å². The Morgan fingerprint density at radius 3 is 2.57 bits per heavy atom. The highest BCUT2D eigenvalue weighted by molar-refractivity contribution is 6.00. The Labute approximate surface area is 242 Å². The van der Waals surface area contributed by atoms with E-state index in [0.29, 0.717) is 35.4 Å². The average molecular weight is 568 g/mol. The molecule has 1 aliphatic heterocycles. The highest BCUT2D eigenvalue weighted by Gasteiger charge is 2.26. The summed E-state index contributed by atoms with van der Waals surface area (Å²) in [5.41, 5.74) is 9.62. The van der Waals surface area contributed by atoms with E-state index in [0.717, 1.165) is 47.1 Å². The fraction of sp³-hybridized carbons (Fsp3) is 0.258. The number of amides is 1. The summed E-state index contributed by atoms with van der Waals surface area (Å²) in [5.74, 6) is 1.81. The van der Waals surface area contributed by atoms with Crippen LogP contribution in [-0.2, 0) is 11.4 Å². The smallest absolute Gasteiger partial charge is 0.219 e. The summed E-state index contributed by atoms with van der Waals surface area (Å²) in [6.45, 7) is 4.98. The van der Waals surface area contributed by atoms with E-state index in [1.54, 1.807) is 32.3 Å². The van der Waals surface area contributed by atoms with E-state index in [1.807, 2.05) is 35.4 Å². The molecule has 0 bridgehead atoms. The van der Waals surface area contributed by atoms with Gasteiger partial charge in [-0.15, -0.1) is 0 Å². The van der Waals surface area contributed by atoms with Crippen molar-refractivity contribution in [1.29, 1.82) is 0 Å². The van der Waals surface area contributed by atoms with Gasteiger partial charge in [0.2, 0.25) is 5.91 Å².